The molecule has 0 fully saturated rings. The number of hydrogen-bond acceptors (Lipinski definition) is 2. The Morgan fingerprint density at radius 1 is 1.25 bits per heavy atom. The number of carbonyl (C=O) groups excluding carboxylic acids is 1. The maximum Gasteiger partial charge on any atom is 0.390 e. The van der Waals surface area contributed by atoms with Crippen LogP contribution in [-0.4, -0.2) is 31.2 Å². The molecule has 0 heterocycles. The average Bonchev–Trinajstić information content (AvgIpc) is 2.10. The summed E-state index contributed by atoms with van der Waals surface area (Å²) in [7, 11) is 0. The molecular weight excluding hydrogens is 221 g/mol. The molecule has 0 rings (SSSR count). The summed E-state index contributed by atoms with van der Waals surface area (Å²) < 4.78 is 35.3. The number of nitrogens with one attached hydrogen (secondary N) is 2. The van der Waals surface area contributed by atoms with Crippen molar-refractivity contribution in [2.24, 2.45) is 5.92 Å². The van der Waals surface area contributed by atoms with Crippen molar-refractivity contribution in [2.75, 3.05) is 13.1 Å². The fraction of sp³-hybridized carbons (Fsp3) is 0.900. The van der Waals surface area contributed by atoms with Crippen molar-refractivity contribution in [2.45, 2.75) is 39.4 Å². The molecule has 0 saturated carbocycles. The Kier molecular flexibility index (Phi) is 6.40. The minimum absolute atomic E-state index is 0.0249. The molecule has 16 heavy (non-hydrogen) atoms. The third kappa shape index (κ3) is 8.52. The summed E-state index contributed by atoms with van der Waals surface area (Å²) in [6, 6.07) is 0.0249. The second kappa shape index (κ2) is 6.73. The summed E-state index contributed by atoms with van der Waals surface area (Å²) in [5.41, 5.74) is 0. The molecule has 0 aliphatic heterocycles. The number of alkyl halides is 3. The van der Waals surface area contributed by atoms with Gasteiger partial charge >= 0.3 is 6.18 Å². The van der Waals surface area contributed by atoms with E-state index in [1.165, 1.54) is 0 Å². The maximum absolute atomic E-state index is 11.8. The smallest absolute Gasteiger partial charge is 0.352 e. The zero-order valence-electron chi connectivity index (χ0n) is 9.82. The summed E-state index contributed by atoms with van der Waals surface area (Å²) >= 11 is 0. The van der Waals surface area contributed by atoms with Gasteiger partial charge in [-0.1, -0.05) is 13.8 Å². The van der Waals surface area contributed by atoms with E-state index >= 15 is 0 Å². The van der Waals surface area contributed by atoms with Gasteiger partial charge in [0.15, 0.2) is 0 Å². The first-order valence-electron chi connectivity index (χ1n) is 5.29. The highest BCUT2D eigenvalue weighted by molar-refractivity contribution is 5.78. The zero-order chi connectivity index (χ0) is 12.8. The summed E-state index contributed by atoms with van der Waals surface area (Å²) in [4.78, 5) is 11.2. The lowest BCUT2D eigenvalue weighted by molar-refractivity contribution is -0.134. The Hall–Kier alpha value is -0.780. The highest BCUT2D eigenvalue weighted by Gasteiger charge is 2.26. The second-order valence-electron chi connectivity index (χ2n) is 4.14. The van der Waals surface area contributed by atoms with Gasteiger partial charge in [0.25, 0.3) is 0 Å². The molecule has 1 amide bonds. The van der Waals surface area contributed by atoms with Gasteiger partial charge in [-0.25, -0.2) is 0 Å². The molecule has 96 valence electrons. The number of halogens is 3. The van der Waals surface area contributed by atoms with Crippen LogP contribution in [-0.2, 0) is 4.79 Å². The van der Waals surface area contributed by atoms with Crippen molar-refractivity contribution in [3.8, 4) is 0 Å². The van der Waals surface area contributed by atoms with Crippen LogP contribution in [0, 0.1) is 5.92 Å². The van der Waals surface area contributed by atoms with E-state index < -0.39 is 12.6 Å². The van der Waals surface area contributed by atoms with Crippen LogP contribution in [0.25, 0.3) is 0 Å². The van der Waals surface area contributed by atoms with Crippen LogP contribution in [0.15, 0.2) is 0 Å². The van der Waals surface area contributed by atoms with E-state index in [2.05, 4.69) is 10.6 Å². The van der Waals surface area contributed by atoms with Crippen LogP contribution >= 0.6 is 0 Å². The molecule has 3 nitrogen and oxygen atoms in total. The predicted octanol–water partition coefficient (Wildman–Crippen LogP) is 1.69. The van der Waals surface area contributed by atoms with Gasteiger partial charge in [0.1, 0.15) is 0 Å². The van der Waals surface area contributed by atoms with Crippen LogP contribution in [0.1, 0.15) is 27.2 Å². The van der Waals surface area contributed by atoms with E-state index in [4.69, 9.17) is 0 Å². The quantitative estimate of drug-likeness (QED) is 0.694. The van der Waals surface area contributed by atoms with Crippen LogP contribution in [0.3, 0.4) is 0 Å². The molecule has 0 aliphatic rings. The Morgan fingerprint density at radius 3 is 2.25 bits per heavy atom. The Labute approximate surface area is 93.8 Å². The first-order chi connectivity index (χ1) is 7.22. The van der Waals surface area contributed by atoms with Crippen LogP contribution in [0.5, 0.6) is 0 Å². The van der Waals surface area contributed by atoms with Gasteiger partial charge in [0, 0.05) is 12.6 Å². The van der Waals surface area contributed by atoms with Crippen molar-refractivity contribution < 1.29 is 18.0 Å². The molecule has 0 aromatic rings. The summed E-state index contributed by atoms with van der Waals surface area (Å²) in [5.74, 6) is 0.0301. The van der Waals surface area contributed by atoms with E-state index in [9.17, 15) is 18.0 Å². The highest BCUT2D eigenvalue weighted by atomic mass is 19.4. The van der Waals surface area contributed by atoms with Crippen molar-refractivity contribution in [3.63, 3.8) is 0 Å². The fourth-order valence-electron chi connectivity index (χ4n) is 0.904. The molecule has 0 aromatic heterocycles. The normalized spacial score (nSPS) is 13.9. The summed E-state index contributed by atoms with van der Waals surface area (Å²) in [6.07, 6.45) is -5.09. The summed E-state index contributed by atoms with van der Waals surface area (Å²) in [6.45, 7) is 5.47. The number of carbonyl (C=O) groups is 1. The average molecular weight is 240 g/mol. The predicted molar refractivity (Wildman–Crippen MR) is 56.0 cm³/mol. The standard InChI is InChI=1S/C10H19F3N2O/c1-7(2)8(3)15-9(16)6-14-5-4-10(11,12)13/h7-8,14H,4-6H2,1-3H3,(H,15,16). The largest absolute Gasteiger partial charge is 0.390 e. The van der Waals surface area contributed by atoms with Gasteiger partial charge in [-0.3, -0.25) is 4.79 Å². The molecule has 0 spiro atoms. The second-order valence-corrected chi connectivity index (χ2v) is 4.14. The van der Waals surface area contributed by atoms with Crippen LogP contribution in [0.2, 0.25) is 0 Å². The highest BCUT2D eigenvalue weighted by Crippen LogP contribution is 2.17. The number of rotatable bonds is 6. The Balaban J connectivity index is 3.59. The third-order valence-electron chi connectivity index (χ3n) is 2.26. The van der Waals surface area contributed by atoms with Crippen molar-refractivity contribution >= 4 is 5.91 Å². The lowest BCUT2D eigenvalue weighted by Gasteiger charge is -2.17. The molecule has 0 aliphatic carbocycles. The fourth-order valence-corrected chi connectivity index (χ4v) is 0.904. The molecule has 0 saturated heterocycles. The van der Waals surface area contributed by atoms with Crippen molar-refractivity contribution in [1.82, 2.24) is 10.6 Å². The zero-order valence-corrected chi connectivity index (χ0v) is 9.82. The SMILES string of the molecule is CC(C)C(C)NC(=O)CNCCC(F)(F)F. The minimum Gasteiger partial charge on any atom is -0.352 e. The van der Waals surface area contributed by atoms with Gasteiger partial charge in [0.2, 0.25) is 5.91 Å². The van der Waals surface area contributed by atoms with E-state index in [1.54, 1.807) is 0 Å². The van der Waals surface area contributed by atoms with E-state index in [0.29, 0.717) is 5.92 Å². The van der Waals surface area contributed by atoms with Crippen LogP contribution in [0.4, 0.5) is 13.2 Å². The topological polar surface area (TPSA) is 41.1 Å². The molecule has 0 bridgehead atoms. The van der Waals surface area contributed by atoms with Gasteiger partial charge in [-0.05, 0) is 12.8 Å². The van der Waals surface area contributed by atoms with Crippen molar-refractivity contribution in [3.05, 3.63) is 0 Å². The molecule has 1 atom stereocenters. The minimum atomic E-state index is -4.17. The lowest BCUT2D eigenvalue weighted by Crippen LogP contribution is -2.41. The molecule has 2 N–H and O–H groups in total. The van der Waals surface area contributed by atoms with E-state index in [1.807, 2.05) is 20.8 Å². The Bertz CT molecular complexity index is 217. The van der Waals surface area contributed by atoms with Gasteiger partial charge in [-0.2, -0.15) is 13.2 Å². The van der Waals surface area contributed by atoms with Crippen LogP contribution < -0.4 is 10.6 Å². The first-order valence-corrected chi connectivity index (χ1v) is 5.29. The monoisotopic (exact) mass is 240 g/mol. The Morgan fingerprint density at radius 2 is 1.81 bits per heavy atom. The van der Waals surface area contributed by atoms with Gasteiger partial charge in [0.05, 0.1) is 13.0 Å². The van der Waals surface area contributed by atoms with Gasteiger partial charge < -0.3 is 10.6 Å². The van der Waals surface area contributed by atoms with Gasteiger partial charge in [-0.15, -0.1) is 0 Å². The molecule has 6 heteroatoms. The summed E-state index contributed by atoms with van der Waals surface area (Å²) in [5, 5.41) is 5.15. The number of hydrogen-bond donors (Lipinski definition) is 2. The lowest BCUT2D eigenvalue weighted by atomic mass is 10.1. The maximum atomic E-state index is 11.8. The molecule has 0 aromatic carbocycles. The molecular formula is C10H19F3N2O. The molecule has 0 radical (unpaired) electrons. The number of amides is 1. The molecule has 1 unspecified atom stereocenters. The first kappa shape index (κ1) is 15.2. The van der Waals surface area contributed by atoms with E-state index in [0.717, 1.165) is 0 Å². The van der Waals surface area contributed by atoms with E-state index in [-0.39, 0.29) is 25.0 Å². The van der Waals surface area contributed by atoms with Crippen molar-refractivity contribution in [1.29, 1.82) is 0 Å². The third-order valence-corrected chi connectivity index (χ3v) is 2.26.